The van der Waals surface area contributed by atoms with E-state index in [0.29, 0.717) is 17.1 Å². The average Bonchev–Trinajstić information content (AvgIpc) is 3.04. The molecule has 1 aromatic heterocycles. The molecular weight excluding hydrogens is 292 g/mol. The van der Waals surface area contributed by atoms with Crippen molar-refractivity contribution in [1.82, 2.24) is 15.2 Å². The topological polar surface area (TPSA) is 79.9 Å². The van der Waals surface area contributed by atoms with E-state index in [1.54, 1.807) is 31.4 Å². The lowest BCUT2D eigenvalue weighted by molar-refractivity contribution is 0.102. The van der Waals surface area contributed by atoms with Crippen LogP contribution in [0.4, 0.5) is 5.95 Å². The fourth-order valence-electron chi connectivity index (χ4n) is 2.07. The Kier molecular flexibility index (Phi) is 4.05. The van der Waals surface area contributed by atoms with E-state index in [1.807, 2.05) is 31.2 Å². The monoisotopic (exact) mass is 308 g/mol. The van der Waals surface area contributed by atoms with Crippen LogP contribution in [0.1, 0.15) is 15.9 Å². The summed E-state index contributed by atoms with van der Waals surface area (Å²) in [6.45, 7) is 2.02. The van der Waals surface area contributed by atoms with Crippen molar-refractivity contribution < 1.29 is 9.53 Å². The van der Waals surface area contributed by atoms with Gasteiger partial charge in [0.25, 0.3) is 5.91 Å². The third-order valence-corrected chi connectivity index (χ3v) is 3.39. The Morgan fingerprint density at radius 3 is 2.43 bits per heavy atom. The third kappa shape index (κ3) is 3.37. The summed E-state index contributed by atoms with van der Waals surface area (Å²) in [5.41, 5.74) is 2.59. The molecule has 1 amide bonds. The Morgan fingerprint density at radius 1 is 1.09 bits per heavy atom. The molecule has 0 fully saturated rings. The number of aromatic nitrogens is 3. The van der Waals surface area contributed by atoms with Crippen molar-refractivity contribution >= 4 is 11.9 Å². The number of hydrogen-bond donors (Lipinski definition) is 2. The van der Waals surface area contributed by atoms with Gasteiger partial charge in [-0.3, -0.25) is 15.2 Å². The SMILES string of the molecule is COc1ccc(C(=O)Nc2n[nH]c(-c3ccc(C)cc3)n2)cc1. The van der Waals surface area contributed by atoms with Crippen LogP contribution in [0.3, 0.4) is 0 Å². The number of rotatable bonds is 4. The first-order valence-corrected chi connectivity index (χ1v) is 7.10. The van der Waals surface area contributed by atoms with Crippen molar-refractivity contribution in [2.45, 2.75) is 6.92 Å². The van der Waals surface area contributed by atoms with Gasteiger partial charge in [-0.05, 0) is 31.2 Å². The minimum absolute atomic E-state index is 0.237. The first kappa shape index (κ1) is 14.8. The Hall–Kier alpha value is -3.15. The van der Waals surface area contributed by atoms with Gasteiger partial charge in [0.2, 0.25) is 5.95 Å². The van der Waals surface area contributed by atoms with E-state index in [2.05, 4.69) is 20.5 Å². The van der Waals surface area contributed by atoms with E-state index in [-0.39, 0.29) is 11.9 Å². The number of hydrogen-bond acceptors (Lipinski definition) is 4. The molecule has 0 saturated carbocycles. The van der Waals surface area contributed by atoms with Gasteiger partial charge in [-0.1, -0.05) is 29.8 Å². The number of ether oxygens (including phenoxy) is 1. The zero-order chi connectivity index (χ0) is 16.2. The summed E-state index contributed by atoms with van der Waals surface area (Å²) in [7, 11) is 1.58. The summed E-state index contributed by atoms with van der Waals surface area (Å²) in [6, 6.07) is 14.7. The lowest BCUT2D eigenvalue weighted by Crippen LogP contribution is -2.12. The highest BCUT2D eigenvalue weighted by atomic mass is 16.5. The Balaban J connectivity index is 1.73. The summed E-state index contributed by atoms with van der Waals surface area (Å²) < 4.78 is 5.07. The molecule has 3 rings (SSSR count). The van der Waals surface area contributed by atoms with Crippen LogP contribution in [0.15, 0.2) is 48.5 Å². The molecule has 0 bridgehead atoms. The molecule has 0 aliphatic carbocycles. The molecule has 0 atom stereocenters. The van der Waals surface area contributed by atoms with E-state index >= 15 is 0 Å². The van der Waals surface area contributed by atoms with Crippen molar-refractivity contribution in [1.29, 1.82) is 0 Å². The summed E-state index contributed by atoms with van der Waals surface area (Å²) in [4.78, 5) is 16.4. The van der Waals surface area contributed by atoms with Crippen molar-refractivity contribution in [3.05, 3.63) is 59.7 Å². The number of carbonyl (C=O) groups is 1. The Labute approximate surface area is 133 Å². The number of H-pyrrole nitrogens is 1. The van der Waals surface area contributed by atoms with Crippen molar-refractivity contribution in [3.63, 3.8) is 0 Å². The number of nitrogens with zero attached hydrogens (tertiary/aromatic N) is 2. The lowest BCUT2D eigenvalue weighted by atomic mass is 10.1. The number of amides is 1. The van der Waals surface area contributed by atoms with Crippen LogP contribution in [-0.2, 0) is 0 Å². The molecule has 0 spiro atoms. The molecule has 0 unspecified atom stereocenters. The standard InChI is InChI=1S/C17H16N4O2/c1-11-3-5-12(6-4-11)15-18-17(21-20-15)19-16(22)13-7-9-14(23-2)10-8-13/h3-10H,1-2H3,(H2,18,19,20,21,22). The van der Waals surface area contributed by atoms with Gasteiger partial charge >= 0.3 is 0 Å². The molecule has 0 radical (unpaired) electrons. The normalized spacial score (nSPS) is 10.3. The maximum Gasteiger partial charge on any atom is 0.258 e. The van der Waals surface area contributed by atoms with Gasteiger partial charge in [0, 0.05) is 11.1 Å². The average molecular weight is 308 g/mol. The second-order valence-electron chi connectivity index (χ2n) is 5.06. The van der Waals surface area contributed by atoms with E-state index in [4.69, 9.17) is 4.74 Å². The minimum atomic E-state index is -0.276. The van der Waals surface area contributed by atoms with Gasteiger partial charge in [-0.15, -0.1) is 5.10 Å². The second-order valence-corrected chi connectivity index (χ2v) is 5.06. The van der Waals surface area contributed by atoms with Gasteiger partial charge in [0.05, 0.1) is 7.11 Å². The minimum Gasteiger partial charge on any atom is -0.497 e. The summed E-state index contributed by atoms with van der Waals surface area (Å²) in [5, 5.41) is 9.51. The third-order valence-electron chi connectivity index (χ3n) is 3.39. The number of aryl methyl sites for hydroxylation is 1. The van der Waals surface area contributed by atoms with E-state index in [0.717, 1.165) is 5.56 Å². The molecule has 0 aliphatic heterocycles. The van der Waals surface area contributed by atoms with Crippen LogP contribution in [-0.4, -0.2) is 28.2 Å². The molecule has 2 aromatic carbocycles. The zero-order valence-corrected chi connectivity index (χ0v) is 12.8. The largest absolute Gasteiger partial charge is 0.497 e. The molecule has 6 nitrogen and oxygen atoms in total. The number of methoxy groups -OCH3 is 1. The number of nitrogens with one attached hydrogen (secondary N) is 2. The molecule has 116 valence electrons. The number of aromatic amines is 1. The van der Waals surface area contributed by atoms with Gasteiger partial charge in [-0.25, -0.2) is 0 Å². The lowest BCUT2D eigenvalue weighted by Gasteiger charge is -2.02. The van der Waals surface area contributed by atoms with Crippen LogP contribution < -0.4 is 10.1 Å². The maximum atomic E-state index is 12.2. The predicted octanol–water partition coefficient (Wildman–Crippen LogP) is 3.04. The van der Waals surface area contributed by atoms with Crippen molar-refractivity contribution in [2.24, 2.45) is 0 Å². The number of anilines is 1. The van der Waals surface area contributed by atoms with Gasteiger partial charge < -0.3 is 4.74 Å². The van der Waals surface area contributed by atoms with E-state index in [1.165, 1.54) is 5.56 Å². The first-order valence-electron chi connectivity index (χ1n) is 7.10. The molecule has 2 N–H and O–H groups in total. The highest BCUT2D eigenvalue weighted by Gasteiger charge is 2.11. The number of benzene rings is 2. The predicted molar refractivity (Wildman–Crippen MR) is 87.5 cm³/mol. The molecule has 0 aliphatic rings. The molecule has 1 heterocycles. The second kappa shape index (κ2) is 6.31. The highest BCUT2D eigenvalue weighted by molar-refractivity contribution is 6.03. The summed E-state index contributed by atoms with van der Waals surface area (Å²) >= 11 is 0. The smallest absolute Gasteiger partial charge is 0.258 e. The summed E-state index contributed by atoms with van der Waals surface area (Å²) in [6.07, 6.45) is 0. The van der Waals surface area contributed by atoms with Crippen LogP contribution in [0, 0.1) is 6.92 Å². The zero-order valence-electron chi connectivity index (χ0n) is 12.8. The fraction of sp³-hybridized carbons (Fsp3) is 0.118. The molecule has 23 heavy (non-hydrogen) atoms. The van der Waals surface area contributed by atoms with Crippen LogP contribution in [0.25, 0.3) is 11.4 Å². The van der Waals surface area contributed by atoms with E-state index < -0.39 is 0 Å². The number of carbonyl (C=O) groups excluding carboxylic acids is 1. The van der Waals surface area contributed by atoms with Crippen molar-refractivity contribution in [2.75, 3.05) is 12.4 Å². The Bertz CT molecular complexity index is 807. The van der Waals surface area contributed by atoms with E-state index in [9.17, 15) is 4.79 Å². The quantitative estimate of drug-likeness (QED) is 0.776. The van der Waals surface area contributed by atoms with Crippen molar-refractivity contribution in [3.8, 4) is 17.1 Å². The maximum absolute atomic E-state index is 12.2. The molecule has 0 saturated heterocycles. The highest BCUT2D eigenvalue weighted by Crippen LogP contribution is 2.17. The van der Waals surface area contributed by atoms with Crippen LogP contribution >= 0.6 is 0 Å². The van der Waals surface area contributed by atoms with Crippen LogP contribution in [0.2, 0.25) is 0 Å². The molecule has 6 heteroatoms. The molecule has 3 aromatic rings. The Morgan fingerprint density at radius 2 is 1.78 bits per heavy atom. The summed E-state index contributed by atoms with van der Waals surface area (Å²) in [5.74, 6) is 1.26. The molecular formula is C17H16N4O2. The van der Waals surface area contributed by atoms with Gasteiger partial charge in [0.1, 0.15) is 5.75 Å². The van der Waals surface area contributed by atoms with Gasteiger partial charge in [-0.2, -0.15) is 4.98 Å². The van der Waals surface area contributed by atoms with Gasteiger partial charge in [0.15, 0.2) is 5.82 Å². The fourth-order valence-corrected chi connectivity index (χ4v) is 2.07. The van der Waals surface area contributed by atoms with Crippen LogP contribution in [0.5, 0.6) is 5.75 Å². The first-order chi connectivity index (χ1) is 11.2.